The Kier molecular flexibility index (Phi) is 7.88. The first kappa shape index (κ1) is 33.5. The summed E-state index contributed by atoms with van der Waals surface area (Å²) in [5.41, 5.74) is 6.53. The molecule has 0 saturated heterocycles. The molecule has 4 aromatic heterocycles. The first-order valence-electron chi connectivity index (χ1n) is 17.5. The predicted octanol–water partition coefficient (Wildman–Crippen LogP) is 12.7. The van der Waals surface area contributed by atoms with Crippen LogP contribution in [0.4, 0.5) is 5.69 Å². The molecule has 0 N–H and O–H groups in total. The number of furan rings is 1. The Morgan fingerprint density at radius 2 is 1.46 bits per heavy atom. The van der Waals surface area contributed by atoms with Crippen molar-refractivity contribution >= 4 is 71.0 Å². The Labute approximate surface area is 325 Å². The molecule has 0 bridgehead atoms. The van der Waals surface area contributed by atoms with Crippen molar-refractivity contribution < 1.29 is 30.2 Å². The Balaban J connectivity index is 0.00000384. The first-order chi connectivity index (χ1) is 25.9. The van der Waals surface area contributed by atoms with Crippen LogP contribution in [0.15, 0.2) is 132 Å². The molecule has 10 aromatic rings. The van der Waals surface area contributed by atoms with Gasteiger partial charge in [0.1, 0.15) is 11.4 Å². The number of hydrogen-bond donors (Lipinski definition) is 0. The van der Waals surface area contributed by atoms with Crippen LogP contribution in [0.3, 0.4) is 0 Å². The molecule has 6 nitrogen and oxygen atoms in total. The number of para-hydroxylation sites is 1. The van der Waals surface area contributed by atoms with Crippen LogP contribution in [0.5, 0.6) is 11.5 Å². The van der Waals surface area contributed by atoms with Gasteiger partial charge in [0, 0.05) is 40.2 Å². The fraction of sp³-hybridized carbons (Fsp3) is 0.0851. The topological polar surface area (TPSA) is 57.4 Å². The normalized spacial score (nSPS) is 11.8. The number of benzene rings is 6. The largest absolute Gasteiger partial charge is 2.00 e. The second kappa shape index (κ2) is 12.7. The molecule has 0 unspecified atom stereocenters. The zero-order chi connectivity index (χ0) is 35.8. The summed E-state index contributed by atoms with van der Waals surface area (Å²) < 4.78 is 15.6. The van der Waals surface area contributed by atoms with Crippen LogP contribution in [0.1, 0.15) is 26.3 Å². The van der Waals surface area contributed by atoms with Gasteiger partial charge in [-0.3, -0.25) is 0 Å². The van der Waals surface area contributed by atoms with Gasteiger partial charge in [-0.2, -0.15) is 6.07 Å². The Bertz CT molecular complexity index is 3150. The average Bonchev–Trinajstić information content (AvgIpc) is 3.72. The minimum absolute atomic E-state index is 0. The zero-order valence-corrected chi connectivity index (χ0v) is 31.8. The standard InChI is InChI=1S/C47H30N4O2.Pt/c1-47(2,3)29-20-22-50-43(24-29)51-41-15-8-7-12-33(41)34-19-17-30(27-42(34)51)52-31-25-37-36-18-16-28-23-40(48-4)32-11-5-6-13-35(32)44(28)46(36)53-45(37)38(26-31)39-14-9-10-21-49-39;/h5-25H,1-3H3;/q-2;+2. The summed E-state index contributed by atoms with van der Waals surface area (Å²) in [6.45, 7) is 14.5. The molecule has 260 valence electrons. The van der Waals surface area contributed by atoms with Gasteiger partial charge in [0.2, 0.25) is 0 Å². The first-order valence-corrected chi connectivity index (χ1v) is 17.5. The van der Waals surface area contributed by atoms with Crippen molar-refractivity contribution in [2.75, 3.05) is 0 Å². The number of pyridine rings is 2. The zero-order valence-electron chi connectivity index (χ0n) is 29.5. The summed E-state index contributed by atoms with van der Waals surface area (Å²) in [5.74, 6) is 1.89. The Morgan fingerprint density at radius 1 is 0.685 bits per heavy atom. The molecular formula is C47H30N4O2Pt. The Hall–Kier alpha value is -6.28. The molecule has 6 aromatic carbocycles. The minimum Gasteiger partial charge on any atom is -0.503 e. The summed E-state index contributed by atoms with van der Waals surface area (Å²) in [6, 6.07) is 45.6. The van der Waals surface area contributed by atoms with Crippen molar-refractivity contribution in [1.82, 2.24) is 14.5 Å². The van der Waals surface area contributed by atoms with Crippen LogP contribution in [-0.4, -0.2) is 14.5 Å². The third-order valence-electron chi connectivity index (χ3n) is 10.1. The van der Waals surface area contributed by atoms with E-state index < -0.39 is 0 Å². The van der Waals surface area contributed by atoms with Gasteiger partial charge in [0.25, 0.3) is 0 Å². The second-order valence-corrected chi connectivity index (χ2v) is 14.4. The van der Waals surface area contributed by atoms with Gasteiger partial charge in [0.15, 0.2) is 5.69 Å². The molecular weight excluding hydrogens is 848 g/mol. The van der Waals surface area contributed by atoms with Gasteiger partial charge in [-0.05, 0) is 68.5 Å². The molecule has 10 rings (SSSR count). The third kappa shape index (κ3) is 5.27. The van der Waals surface area contributed by atoms with E-state index in [4.69, 9.17) is 20.7 Å². The van der Waals surface area contributed by atoms with Crippen molar-refractivity contribution in [3.8, 4) is 28.6 Å². The summed E-state index contributed by atoms with van der Waals surface area (Å²) in [5, 5.41) is 7.78. The number of aromatic nitrogens is 3. The summed E-state index contributed by atoms with van der Waals surface area (Å²) >= 11 is 0. The number of rotatable bonds is 4. The van der Waals surface area contributed by atoms with E-state index in [1.54, 1.807) is 6.20 Å². The number of nitrogens with zero attached hydrogens (tertiary/aromatic N) is 4. The van der Waals surface area contributed by atoms with E-state index in [1.165, 1.54) is 5.56 Å². The molecule has 0 atom stereocenters. The SMILES string of the molecule is [C-]#[N+]c1cc2ccc3c4cc(Oc5[c-]c6c(cc5)c5ccccc5n6-c5cc(C(C)(C)C)ccn5)[c-]c(-c5ccccn5)c4oc3c2c2ccccc12.[Pt+2]. The van der Waals surface area contributed by atoms with Crippen LogP contribution in [-0.2, 0) is 26.5 Å². The van der Waals surface area contributed by atoms with Crippen molar-refractivity contribution in [2.45, 2.75) is 26.2 Å². The summed E-state index contributed by atoms with van der Waals surface area (Å²) in [4.78, 5) is 13.3. The van der Waals surface area contributed by atoms with Gasteiger partial charge < -0.3 is 18.7 Å². The van der Waals surface area contributed by atoms with Crippen LogP contribution in [0.25, 0.3) is 87.2 Å². The van der Waals surface area contributed by atoms with Crippen LogP contribution < -0.4 is 4.74 Å². The fourth-order valence-electron chi connectivity index (χ4n) is 7.55. The maximum absolute atomic E-state index is 7.82. The molecule has 4 heterocycles. The monoisotopic (exact) mass is 877 g/mol. The molecule has 0 aliphatic heterocycles. The van der Waals surface area contributed by atoms with E-state index in [0.717, 1.165) is 71.2 Å². The minimum atomic E-state index is -0.0361. The van der Waals surface area contributed by atoms with Gasteiger partial charge in [-0.15, -0.1) is 17.5 Å². The number of fused-ring (bicyclic) bond motifs is 10. The molecule has 0 spiro atoms. The maximum Gasteiger partial charge on any atom is 2.00 e. The fourth-order valence-corrected chi connectivity index (χ4v) is 7.55. The summed E-state index contributed by atoms with van der Waals surface area (Å²) in [7, 11) is 0. The van der Waals surface area contributed by atoms with Gasteiger partial charge in [0.05, 0.1) is 12.2 Å². The number of hydrogen-bond acceptors (Lipinski definition) is 4. The molecule has 0 aliphatic carbocycles. The Morgan fingerprint density at radius 3 is 2.26 bits per heavy atom. The quantitative estimate of drug-likeness (QED) is 0.131. The molecule has 0 saturated carbocycles. The average molecular weight is 878 g/mol. The molecule has 0 amide bonds. The van der Waals surface area contributed by atoms with E-state index in [9.17, 15) is 0 Å². The van der Waals surface area contributed by atoms with E-state index in [1.807, 2.05) is 60.8 Å². The maximum atomic E-state index is 7.82. The van der Waals surface area contributed by atoms with Crippen molar-refractivity contribution in [3.63, 3.8) is 0 Å². The molecule has 0 aliphatic rings. The van der Waals surface area contributed by atoms with Crippen LogP contribution in [0, 0.1) is 18.7 Å². The third-order valence-corrected chi connectivity index (χ3v) is 10.1. The second-order valence-electron chi connectivity index (χ2n) is 14.4. The van der Waals surface area contributed by atoms with E-state index in [0.29, 0.717) is 28.3 Å². The van der Waals surface area contributed by atoms with Crippen molar-refractivity contribution in [3.05, 3.63) is 157 Å². The number of ether oxygens (including phenoxy) is 1. The molecule has 0 radical (unpaired) electrons. The van der Waals surface area contributed by atoms with Crippen molar-refractivity contribution in [1.29, 1.82) is 0 Å². The molecule has 54 heavy (non-hydrogen) atoms. The summed E-state index contributed by atoms with van der Waals surface area (Å²) in [6.07, 6.45) is 3.65. The van der Waals surface area contributed by atoms with Gasteiger partial charge in [-0.25, -0.2) is 9.83 Å². The van der Waals surface area contributed by atoms with Gasteiger partial charge >= 0.3 is 21.1 Å². The van der Waals surface area contributed by atoms with Gasteiger partial charge in [-0.1, -0.05) is 116 Å². The van der Waals surface area contributed by atoms with Crippen molar-refractivity contribution in [2.24, 2.45) is 0 Å². The molecule has 7 heteroatoms. The molecule has 0 fully saturated rings. The predicted molar refractivity (Wildman–Crippen MR) is 213 cm³/mol. The van der Waals surface area contributed by atoms with E-state index in [-0.39, 0.29) is 26.5 Å². The smallest absolute Gasteiger partial charge is 0.503 e. The van der Waals surface area contributed by atoms with E-state index >= 15 is 0 Å². The van der Waals surface area contributed by atoms with E-state index in [2.05, 4.69) is 108 Å². The van der Waals surface area contributed by atoms with Crippen LogP contribution in [0.2, 0.25) is 0 Å². The van der Waals surface area contributed by atoms with Crippen LogP contribution >= 0.6 is 0 Å².